The summed E-state index contributed by atoms with van der Waals surface area (Å²) < 4.78 is 10.6. The van der Waals surface area contributed by atoms with Gasteiger partial charge in [0, 0.05) is 19.3 Å². The lowest BCUT2D eigenvalue weighted by molar-refractivity contribution is -0.124. The van der Waals surface area contributed by atoms with Crippen molar-refractivity contribution in [2.45, 2.75) is 18.9 Å². The Kier molecular flexibility index (Phi) is 4.87. The Morgan fingerprint density at radius 1 is 1.47 bits per heavy atom. The summed E-state index contributed by atoms with van der Waals surface area (Å²) in [6.07, 6.45) is 1.67. The molecule has 2 rings (SSSR count). The van der Waals surface area contributed by atoms with Crippen LogP contribution >= 0.6 is 11.6 Å². The SMILES string of the molecule is Nc1cccc(Cl)c1OCC(=O)NC1CCOCC1. The fourth-order valence-electron chi connectivity index (χ4n) is 1.93. The number of nitrogen functional groups attached to an aromatic ring is 1. The summed E-state index contributed by atoms with van der Waals surface area (Å²) in [5.74, 6) is 0.178. The highest BCUT2D eigenvalue weighted by atomic mass is 35.5. The molecule has 1 aliphatic heterocycles. The van der Waals surface area contributed by atoms with Crippen LogP contribution in [0.3, 0.4) is 0 Å². The Labute approximate surface area is 117 Å². The third-order valence-corrected chi connectivity index (χ3v) is 3.23. The lowest BCUT2D eigenvalue weighted by Gasteiger charge is -2.23. The van der Waals surface area contributed by atoms with Crippen LogP contribution in [-0.4, -0.2) is 31.8 Å². The summed E-state index contributed by atoms with van der Waals surface area (Å²) in [5, 5.41) is 3.30. The van der Waals surface area contributed by atoms with E-state index in [9.17, 15) is 4.79 Å². The Hall–Kier alpha value is -1.46. The summed E-state index contributed by atoms with van der Waals surface area (Å²) in [7, 11) is 0. The molecule has 0 spiro atoms. The Balaban J connectivity index is 1.83. The number of hydrogen-bond acceptors (Lipinski definition) is 4. The van der Waals surface area contributed by atoms with Crippen LogP contribution in [0.15, 0.2) is 18.2 Å². The normalized spacial score (nSPS) is 16.1. The standard InChI is InChI=1S/C13H17ClN2O3/c14-10-2-1-3-11(15)13(10)19-8-12(17)16-9-4-6-18-7-5-9/h1-3,9H,4-8,15H2,(H,16,17). The number of nitrogens with two attached hydrogens (primary N) is 1. The van der Waals surface area contributed by atoms with Crippen molar-refractivity contribution in [1.82, 2.24) is 5.32 Å². The Morgan fingerprint density at radius 3 is 2.89 bits per heavy atom. The molecule has 104 valence electrons. The zero-order valence-electron chi connectivity index (χ0n) is 10.5. The van der Waals surface area contributed by atoms with Crippen molar-refractivity contribution in [3.05, 3.63) is 23.2 Å². The Bertz CT molecular complexity index is 427. The topological polar surface area (TPSA) is 73.6 Å². The first kappa shape index (κ1) is 14.0. The third kappa shape index (κ3) is 4.01. The minimum Gasteiger partial charge on any atom is -0.480 e. The number of hydrogen-bond donors (Lipinski definition) is 2. The van der Waals surface area contributed by atoms with Gasteiger partial charge < -0.3 is 20.5 Å². The first-order chi connectivity index (χ1) is 9.16. The predicted octanol–water partition coefficient (Wildman–Crippen LogP) is 1.60. The maximum absolute atomic E-state index is 11.7. The molecule has 6 heteroatoms. The molecule has 1 aromatic carbocycles. The second-order valence-corrected chi connectivity index (χ2v) is 4.81. The fraction of sp³-hybridized carbons (Fsp3) is 0.462. The third-order valence-electron chi connectivity index (χ3n) is 2.93. The number of anilines is 1. The molecule has 0 aliphatic carbocycles. The van der Waals surface area contributed by atoms with Crippen LogP contribution in [0.4, 0.5) is 5.69 Å². The van der Waals surface area contributed by atoms with Crippen LogP contribution in [0.2, 0.25) is 5.02 Å². The van der Waals surface area contributed by atoms with Crippen LogP contribution in [0.25, 0.3) is 0 Å². The molecule has 0 atom stereocenters. The summed E-state index contributed by atoms with van der Waals surface area (Å²) in [6, 6.07) is 5.24. The zero-order valence-corrected chi connectivity index (χ0v) is 11.3. The van der Waals surface area contributed by atoms with E-state index >= 15 is 0 Å². The molecule has 3 N–H and O–H groups in total. The highest BCUT2D eigenvalue weighted by Crippen LogP contribution is 2.30. The van der Waals surface area contributed by atoms with Gasteiger partial charge in [-0.15, -0.1) is 0 Å². The molecule has 1 aliphatic rings. The molecule has 0 saturated carbocycles. The van der Waals surface area contributed by atoms with Gasteiger partial charge in [0.1, 0.15) is 0 Å². The van der Waals surface area contributed by atoms with E-state index in [-0.39, 0.29) is 18.6 Å². The summed E-state index contributed by atoms with van der Waals surface area (Å²) >= 11 is 5.95. The van der Waals surface area contributed by atoms with E-state index in [0.29, 0.717) is 29.7 Å². The lowest BCUT2D eigenvalue weighted by atomic mass is 10.1. The molecule has 1 amide bonds. The van der Waals surface area contributed by atoms with E-state index in [1.807, 2.05) is 0 Å². The number of benzene rings is 1. The molecule has 0 bridgehead atoms. The number of rotatable bonds is 4. The fourth-order valence-corrected chi connectivity index (χ4v) is 2.16. The number of nitrogens with one attached hydrogen (secondary N) is 1. The van der Waals surface area contributed by atoms with Gasteiger partial charge in [-0.25, -0.2) is 0 Å². The number of para-hydroxylation sites is 1. The number of carbonyl (C=O) groups is 1. The van der Waals surface area contributed by atoms with Crippen molar-refractivity contribution in [3.63, 3.8) is 0 Å². The lowest BCUT2D eigenvalue weighted by Crippen LogP contribution is -2.41. The van der Waals surface area contributed by atoms with Gasteiger partial charge in [-0.3, -0.25) is 4.79 Å². The summed E-state index contributed by atoms with van der Waals surface area (Å²) in [4.78, 5) is 11.7. The van der Waals surface area contributed by atoms with E-state index < -0.39 is 0 Å². The van der Waals surface area contributed by atoms with Crippen molar-refractivity contribution in [2.24, 2.45) is 0 Å². The van der Waals surface area contributed by atoms with Gasteiger partial charge in [0.05, 0.1) is 10.7 Å². The second-order valence-electron chi connectivity index (χ2n) is 4.40. The molecule has 5 nitrogen and oxygen atoms in total. The van der Waals surface area contributed by atoms with Gasteiger partial charge >= 0.3 is 0 Å². The zero-order chi connectivity index (χ0) is 13.7. The number of halogens is 1. The molecule has 1 heterocycles. The average molecular weight is 285 g/mol. The number of carbonyl (C=O) groups excluding carboxylic acids is 1. The second kappa shape index (κ2) is 6.63. The van der Waals surface area contributed by atoms with Gasteiger partial charge in [-0.05, 0) is 25.0 Å². The van der Waals surface area contributed by atoms with Gasteiger partial charge in [-0.2, -0.15) is 0 Å². The van der Waals surface area contributed by atoms with E-state index in [0.717, 1.165) is 12.8 Å². The van der Waals surface area contributed by atoms with Gasteiger partial charge in [-0.1, -0.05) is 17.7 Å². The van der Waals surface area contributed by atoms with Gasteiger partial charge in [0.25, 0.3) is 5.91 Å². The quantitative estimate of drug-likeness (QED) is 0.824. The minimum absolute atomic E-state index is 0.0920. The maximum Gasteiger partial charge on any atom is 0.258 e. The van der Waals surface area contributed by atoms with Crippen molar-refractivity contribution >= 4 is 23.2 Å². The summed E-state index contributed by atoms with van der Waals surface area (Å²) in [6.45, 7) is 1.28. The van der Waals surface area contributed by atoms with E-state index in [2.05, 4.69) is 5.32 Å². The average Bonchev–Trinajstić information content (AvgIpc) is 2.39. The molecule has 1 saturated heterocycles. The smallest absolute Gasteiger partial charge is 0.258 e. The van der Waals surface area contributed by atoms with E-state index in [1.54, 1.807) is 18.2 Å². The highest BCUT2D eigenvalue weighted by molar-refractivity contribution is 6.32. The van der Waals surface area contributed by atoms with Crippen LogP contribution in [0.5, 0.6) is 5.75 Å². The van der Waals surface area contributed by atoms with Crippen LogP contribution in [-0.2, 0) is 9.53 Å². The monoisotopic (exact) mass is 284 g/mol. The van der Waals surface area contributed by atoms with E-state index in [4.69, 9.17) is 26.8 Å². The minimum atomic E-state index is -0.175. The molecule has 0 radical (unpaired) electrons. The summed E-state index contributed by atoms with van der Waals surface area (Å²) in [5.41, 5.74) is 6.16. The van der Waals surface area contributed by atoms with Gasteiger partial charge in [0.15, 0.2) is 12.4 Å². The Morgan fingerprint density at radius 2 is 2.21 bits per heavy atom. The molecule has 1 aromatic rings. The molecular weight excluding hydrogens is 268 g/mol. The van der Waals surface area contributed by atoms with Crippen molar-refractivity contribution in [1.29, 1.82) is 0 Å². The maximum atomic E-state index is 11.7. The number of amides is 1. The van der Waals surface area contributed by atoms with Crippen LogP contribution in [0.1, 0.15) is 12.8 Å². The molecular formula is C13H17ClN2O3. The van der Waals surface area contributed by atoms with Crippen molar-refractivity contribution in [2.75, 3.05) is 25.6 Å². The predicted molar refractivity (Wildman–Crippen MR) is 73.3 cm³/mol. The van der Waals surface area contributed by atoms with Crippen LogP contribution in [0, 0.1) is 0 Å². The van der Waals surface area contributed by atoms with Crippen molar-refractivity contribution < 1.29 is 14.3 Å². The largest absolute Gasteiger partial charge is 0.480 e. The molecule has 1 fully saturated rings. The molecule has 19 heavy (non-hydrogen) atoms. The highest BCUT2D eigenvalue weighted by Gasteiger charge is 2.16. The first-order valence-electron chi connectivity index (χ1n) is 6.20. The molecule has 0 aromatic heterocycles. The molecule has 0 unspecified atom stereocenters. The van der Waals surface area contributed by atoms with Gasteiger partial charge in [0.2, 0.25) is 0 Å². The first-order valence-corrected chi connectivity index (χ1v) is 6.58. The number of ether oxygens (including phenoxy) is 2. The van der Waals surface area contributed by atoms with E-state index in [1.165, 1.54) is 0 Å². The van der Waals surface area contributed by atoms with Crippen molar-refractivity contribution in [3.8, 4) is 5.75 Å². The van der Waals surface area contributed by atoms with Crippen LogP contribution < -0.4 is 15.8 Å².